The summed E-state index contributed by atoms with van der Waals surface area (Å²) in [5, 5.41) is 0.665. The van der Waals surface area contributed by atoms with Crippen LogP contribution in [-0.4, -0.2) is 40.5 Å². The van der Waals surface area contributed by atoms with Crippen LogP contribution in [0, 0.1) is 6.92 Å². The van der Waals surface area contributed by atoms with Crippen LogP contribution in [0.4, 0.5) is 11.5 Å². The number of ketones is 1. The van der Waals surface area contributed by atoms with Crippen LogP contribution in [0.2, 0.25) is 5.02 Å². The van der Waals surface area contributed by atoms with E-state index in [2.05, 4.69) is 20.9 Å². The quantitative estimate of drug-likeness (QED) is 0.604. The number of pyridine rings is 1. The molecule has 31 heavy (non-hydrogen) atoms. The molecule has 158 valence electrons. The van der Waals surface area contributed by atoms with Crippen molar-refractivity contribution in [2.24, 2.45) is 0 Å². The second-order valence-corrected chi connectivity index (χ2v) is 8.62. The number of hydrogen-bond donors (Lipinski definition) is 0. The topological polar surface area (TPSA) is 68.2 Å². The minimum atomic E-state index is -0.678. The van der Waals surface area contributed by atoms with Crippen molar-refractivity contribution >= 4 is 28.9 Å². The van der Waals surface area contributed by atoms with Gasteiger partial charge < -0.3 is 9.64 Å². The molecule has 0 radical (unpaired) electrons. The Hall–Kier alpha value is -2.83. The van der Waals surface area contributed by atoms with E-state index in [4.69, 9.17) is 21.3 Å². The average molecular weight is 435 g/mol. The molecule has 1 aromatic carbocycles. The zero-order chi connectivity index (χ0) is 21.4. The van der Waals surface area contributed by atoms with Crippen molar-refractivity contribution in [2.45, 2.75) is 31.6 Å². The second-order valence-electron chi connectivity index (χ2n) is 8.18. The van der Waals surface area contributed by atoms with Gasteiger partial charge >= 0.3 is 0 Å². The Bertz CT molecular complexity index is 1130. The molecular formula is C24H23ClN4O2. The molecule has 2 aliphatic heterocycles. The van der Waals surface area contributed by atoms with Gasteiger partial charge in [0.05, 0.1) is 30.3 Å². The molecule has 3 aromatic rings. The zero-order valence-electron chi connectivity index (χ0n) is 17.3. The molecule has 5 rings (SSSR count). The molecule has 0 amide bonds. The highest BCUT2D eigenvalue weighted by atomic mass is 35.5. The van der Waals surface area contributed by atoms with Gasteiger partial charge in [-0.05, 0) is 55.7 Å². The van der Waals surface area contributed by atoms with Gasteiger partial charge in [0.25, 0.3) is 0 Å². The van der Waals surface area contributed by atoms with Gasteiger partial charge in [0.15, 0.2) is 5.78 Å². The third-order valence-corrected chi connectivity index (χ3v) is 6.33. The van der Waals surface area contributed by atoms with Gasteiger partial charge in [-0.3, -0.25) is 9.78 Å². The Morgan fingerprint density at radius 2 is 1.94 bits per heavy atom. The number of aromatic nitrogens is 3. The van der Waals surface area contributed by atoms with E-state index >= 15 is 0 Å². The highest BCUT2D eigenvalue weighted by Gasteiger charge is 2.48. The first-order valence-corrected chi connectivity index (χ1v) is 10.9. The summed E-state index contributed by atoms with van der Waals surface area (Å²) in [5.41, 5.74) is 3.13. The number of anilines is 2. The molecule has 2 aromatic heterocycles. The van der Waals surface area contributed by atoms with E-state index in [-0.39, 0.29) is 5.78 Å². The van der Waals surface area contributed by atoms with Gasteiger partial charge in [-0.2, -0.15) is 0 Å². The summed E-state index contributed by atoms with van der Waals surface area (Å²) in [6, 6.07) is 13.4. The van der Waals surface area contributed by atoms with Crippen LogP contribution in [0.1, 0.15) is 29.2 Å². The molecule has 0 saturated carbocycles. The molecule has 0 N–H and O–H groups in total. The Labute approximate surface area is 186 Å². The predicted molar refractivity (Wildman–Crippen MR) is 119 cm³/mol. The molecule has 0 spiro atoms. The maximum Gasteiger partial charge on any atom is 0.154 e. The normalized spacial score (nSPS) is 17.0. The van der Waals surface area contributed by atoms with E-state index in [1.165, 1.54) is 0 Å². The fourth-order valence-electron chi connectivity index (χ4n) is 4.26. The Kier molecular flexibility index (Phi) is 5.20. The first-order chi connectivity index (χ1) is 15.0. The first-order valence-electron chi connectivity index (χ1n) is 10.5. The van der Waals surface area contributed by atoms with Crippen LogP contribution in [-0.2, 0) is 27.8 Å². The second kappa shape index (κ2) is 8.02. The van der Waals surface area contributed by atoms with Crippen LogP contribution in [0.15, 0.2) is 48.7 Å². The van der Waals surface area contributed by atoms with Gasteiger partial charge in [-0.1, -0.05) is 23.7 Å². The van der Waals surface area contributed by atoms with Crippen LogP contribution in [0.25, 0.3) is 0 Å². The van der Waals surface area contributed by atoms with Crippen LogP contribution < -0.4 is 4.90 Å². The van der Waals surface area contributed by atoms with Gasteiger partial charge in [-0.25, -0.2) is 9.97 Å². The number of nitrogens with zero attached hydrogens (tertiary/aromatic N) is 4. The minimum Gasteiger partial charge on any atom is -0.378 e. The van der Waals surface area contributed by atoms with Crippen molar-refractivity contribution < 1.29 is 9.53 Å². The summed E-state index contributed by atoms with van der Waals surface area (Å²) in [6.07, 6.45) is 3.98. The molecule has 1 fully saturated rings. The van der Waals surface area contributed by atoms with E-state index in [9.17, 15) is 4.79 Å². The number of benzene rings is 1. The van der Waals surface area contributed by atoms with E-state index in [0.717, 1.165) is 53.7 Å². The first kappa shape index (κ1) is 20.1. The third kappa shape index (κ3) is 3.70. The summed E-state index contributed by atoms with van der Waals surface area (Å²) in [4.78, 5) is 29.3. The molecule has 0 unspecified atom stereocenters. The average Bonchev–Trinajstić information content (AvgIpc) is 2.74. The largest absolute Gasteiger partial charge is 0.378 e. The summed E-state index contributed by atoms with van der Waals surface area (Å²) >= 11 is 5.98. The number of fused-ring (bicyclic) bond motifs is 1. The Morgan fingerprint density at radius 1 is 1.13 bits per heavy atom. The Morgan fingerprint density at radius 3 is 2.65 bits per heavy atom. The summed E-state index contributed by atoms with van der Waals surface area (Å²) < 4.78 is 5.51. The molecule has 0 aliphatic carbocycles. The molecular weight excluding hydrogens is 412 g/mol. The molecule has 4 heterocycles. The minimum absolute atomic E-state index is 0.132. The maximum atomic E-state index is 13.3. The number of carbonyl (C=O) groups is 1. The number of carbonyl (C=O) groups excluding carboxylic acids is 1. The monoisotopic (exact) mass is 434 g/mol. The van der Waals surface area contributed by atoms with Crippen molar-refractivity contribution in [1.29, 1.82) is 0 Å². The molecule has 1 saturated heterocycles. The smallest absolute Gasteiger partial charge is 0.154 e. The lowest BCUT2D eigenvalue weighted by atomic mass is 9.75. The lowest BCUT2D eigenvalue weighted by molar-refractivity contribution is -0.142. The number of aryl methyl sites for hydroxylation is 2. The van der Waals surface area contributed by atoms with Crippen molar-refractivity contribution in [3.63, 3.8) is 0 Å². The van der Waals surface area contributed by atoms with Crippen LogP contribution in [0.5, 0.6) is 0 Å². The lowest BCUT2D eigenvalue weighted by Gasteiger charge is -2.40. The molecule has 0 atom stereocenters. The van der Waals surface area contributed by atoms with E-state index in [1.54, 1.807) is 6.20 Å². The van der Waals surface area contributed by atoms with Crippen molar-refractivity contribution in [1.82, 2.24) is 15.0 Å². The summed E-state index contributed by atoms with van der Waals surface area (Å²) in [5.74, 6) is 1.75. The predicted octanol–water partition coefficient (Wildman–Crippen LogP) is 4.00. The number of Topliss-reactive ketones (excluding diaryl/α,β-unsaturated/α-hetero) is 1. The van der Waals surface area contributed by atoms with Gasteiger partial charge in [0, 0.05) is 24.2 Å². The summed E-state index contributed by atoms with van der Waals surface area (Å²) in [7, 11) is 0. The van der Waals surface area contributed by atoms with Gasteiger partial charge in [0.1, 0.15) is 17.1 Å². The fourth-order valence-corrected chi connectivity index (χ4v) is 4.39. The number of halogens is 1. The van der Waals surface area contributed by atoms with Gasteiger partial charge in [0.2, 0.25) is 0 Å². The van der Waals surface area contributed by atoms with E-state index in [1.807, 2.05) is 43.3 Å². The van der Waals surface area contributed by atoms with E-state index < -0.39 is 5.41 Å². The van der Waals surface area contributed by atoms with Crippen LogP contribution in [0.3, 0.4) is 0 Å². The SMILES string of the molecule is Cc1nccc(N2CCCc3nc(C4(C(=O)Cc5ccc(Cl)cc5)COC4)ccc32)n1. The lowest BCUT2D eigenvalue weighted by Crippen LogP contribution is -2.54. The van der Waals surface area contributed by atoms with Crippen molar-refractivity contribution in [2.75, 3.05) is 24.7 Å². The molecule has 6 nitrogen and oxygen atoms in total. The molecule has 7 heteroatoms. The van der Waals surface area contributed by atoms with Crippen LogP contribution >= 0.6 is 11.6 Å². The highest BCUT2D eigenvalue weighted by molar-refractivity contribution is 6.30. The maximum absolute atomic E-state index is 13.3. The number of hydrogen-bond acceptors (Lipinski definition) is 6. The molecule has 2 aliphatic rings. The van der Waals surface area contributed by atoms with Gasteiger partial charge in [-0.15, -0.1) is 0 Å². The van der Waals surface area contributed by atoms with Crippen molar-refractivity contribution in [3.8, 4) is 0 Å². The van der Waals surface area contributed by atoms with Crippen molar-refractivity contribution in [3.05, 3.63) is 76.5 Å². The number of rotatable bonds is 5. The zero-order valence-corrected chi connectivity index (χ0v) is 18.1. The third-order valence-electron chi connectivity index (χ3n) is 6.07. The Balaban J connectivity index is 1.45. The number of ether oxygens (including phenoxy) is 1. The summed E-state index contributed by atoms with van der Waals surface area (Å²) in [6.45, 7) is 3.52. The standard InChI is InChI=1S/C24H23ClN4O2/c1-16-26-11-10-23(27-16)29-12-2-3-19-20(29)8-9-21(28-19)24(14-31-15-24)22(30)13-17-4-6-18(25)7-5-17/h4-11H,2-3,12-15H2,1H3. The molecule has 0 bridgehead atoms. The van der Waals surface area contributed by atoms with E-state index in [0.29, 0.717) is 24.7 Å². The highest BCUT2D eigenvalue weighted by Crippen LogP contribution is 2.37. The fraction of sp³-hybridized carbons (Fsp3) is 0.333.